The molecule has 2 heterocycles. The minimum absolute atomic E-state index is 0.00687. The van der Waals surface area contributed by atoms with E-state index >= 15 is 0 Å². The van der Waals surface area contributed by atoms with E-state index in [2.05, 4.69) is 15.1 Å². The first-order chi connectivity index (χ1) is 17.8. The number of amides is 1. The number of benzene rings is 1. The summed E-state index contributed by atoms with van der Waals surface area (Å²) in [5.74, 6) is -1.55. The van der Waals surface area contributed by atoms with Gasteiger partial charge in [0.15, 0.2) is 0 Å². The molecule has 2 saturated heterocycles. The maximum atomic E-state index is 13.1. The second kappa shape index (κ2) is 13.1. The number of anilines is 1. The minimum atomic E-state index is -5.00. The fourth-order valence-electron chi connectivity index (χ4n) is 4.72. The van der Waals surface area contributed by atoms with Crippen LogP contribution in [0.1, 0.15) is 24.0 Å². The average Bonchev–Trinajstić information content (AvgIpc) is 2.81. The van der Waals surface area contributed by atoms with Gasteiger partial charge in [-0.15, -0.1) is 0 Å². The Morgan fingerprint density at radius 2 is 1.13 bits per heavy atom. The summed E-state index contributed by atoms with van der Waals surface area (Å²) in [6.45, 7) is 6.57. The molecule has 2 bridgehead atoms. The second-order valence-corrected chi connectivity index (χ2v) is 9.68. The van der Waals surface area contributed by atoms with E-state index in [9.17, 15) is 35.9 Å². The number of carbonyl (C=O) groups excluding carboxylic acids is 1. The Kier molecular flexibility index (Phi) is 10.4. The van der Waals surface area contributed by atoms with E-state index in [-0.39, 0.29) is 19.2 Å². The lowest BCUT2D eigenvalue weighted by Gasteiger charge is -2.35. The average molecular weight is 554 g/mol. The number of nitrogens with one attached hydrogen (secondary N) is 1. The van der Waals surface area contributed by atoms with Crippen LogP contribution < -0.4 is 5.32 Å². The first-order valence-electron chi connectivity index (χ1n) is 12.5. The van der Waals surface area contributed by atoms with Crippen molar-refractivity contribution in [2.45, 2.75) is 25.2 Å². The number of fused-ring (bicyclic) bond motifs is 3. The number of halogens is 6. The van der Waals surface area contributed by atoms with Crippen molar-refractivity contribution in [1.29, 1.82) is 0 Å². The molecule has 8 nitrogen and oxygen atoms in total. The number of carboxylic acids is 1. The highest BCUT2D eigenvalue weighted by Crippen LogP contribution is 2.37. The third kappa shape index (κ3) is 9.71. The number of aliphatic carboxylic acids is 1. The van der Waals surface area contributed by atoms with Crippen LogP contribution in [0.4, 0.5) is 32.0 Å². The molecule has 2 unspecified atom stereocenters. The first-order valence-corrected chi connectivity index (χ1v) is 12.5. The number of rotatable bonds is 5. The molecule has 1 aromatic carbocycles. The lowest BCUT2D eigenvalue weighted by molar-refractivity contribution is -0.143. The summed E-state index contributed by atoms with van der Waals surface area (Å²) in [6.07, 6.45) is -8.51. The molecule has 3 rings (SSSR count). The Balaban J connectivity index is 1.64. The quantitative estimate of drug-likeness (QED) is 0.543. The Bertz CT molecular complexity index is 926. The molecule has 38 heavy (non-hydrogen) atoms. The molecular formula is C24H33F6N5O3. The van der Waals surface area contributed by atoms with Gasteiger partial charge in [-0.2, -0.15) is 26.3 Å². The predicted molar refractivity (Wildman–Crippen MR) is 128 cm³/mol. The topological polar surface area (TPSA) is 79.4 Å². The van der Waals surface area contributed by atoms with Gasteiger partial charge in [-0.3, -0.25) is 19.4 Å². The van der Waals surface area contributed by atoms with Crippen molar-refractivity contribution >= 4 is 17.6 Å². The summed E-state index contributed by atoms with van der Waals surface area (Å²) in [5.41, 5.74) is -3.53. The smallest absolute Gasteiger partial charge is 0.416 e. The molecule has 2 aliphatic rings. The normalized spacial score (nSPS) is 23.1. The van der Waals surface area contributed by atoms with Crippen LogP contribution >= 0.6 is 0 Å². The van der Waals surface area contributed by atoms with Crippen LogP contribution in [0.2, 0.25) is 0 Å². The maximum Gasteiger partial charge on any atom is 0.416 e. The van der Waals surface area contributed by atoms with E-state index in [1.807, 2.05) is 9.80 Å². The Labute approximate surface area is 217 Å². The molecule has 2 fully saturated rings. The highest BCUT2D eigenvalue weighted by molar-refractivity contribution is 5.92. The van der Waals surface area contributed by atoms with Crippen LogP contribution in [0.25, 0.3) is 0 Å². The largest absolute Gasteiger partial charge is 0.480 e. The Morgan fingerprint density at radius 3 is 1.58 bits per heavy atom. The van der Waals surface area contributed by atoms with Crippen LogP contribution in [-0.4, -0.2) is 115 Å². The number of carboxylic acid groups (broad SMARTS) is 1. The summed E-state index contributed by atoms with van der Waals surface area (Å²) in [5, 5.41) is 11.4. The molecule has 0 aromatic heterocycles. The van der Waals surface area contributed by atoms with Crippen LogP contribution in [0.15, 0.2) is 18.2 Å². The predicted octanol–water partition coefficient (Wildman–Crippen LogP) is 2.76. The maximum absolute atomic E-state index is 13.1. The number of alkyl halides is 6. The van der Waals surface area contributed by atoms with Gasteiger partial charge in [0, 0.05) is 51.5 Å². The van der Waals surface area contributed by atoms with Crippen LogP contribution in [-0.2, 0) is 21.9 Å². The van der Waals surface area contributed by atoms with Gasteiger partial charge in [0.2, 0.25) is 5.91 Å². The molecule has 14 heteroatoms. The van der Waals surface area contributed by atoms with Gasteiger partial charge in [-0.05, 0) is 50.7 Å². The van der Waals surface area contributed by atoms with E-state index in [1.54, 1.807) is 0 Å². The van der Waals surface area contributed by atoms with Gasteiger partial charge in [0.05, 0.1) is 24.2 Å². The Hall–Kier alpha value is -2.42. The lowest BCUT2D eigenvalue weighted by atomic mass is 10.1. The molecule has 0 radical (unpaired) electrons. The Morgan fingerprint density at radius 1 is 0.684 bits per heavy atom. The molecule has 1 aromatic rings. The summed E-state index contributed by atoms with van der Waals surface area (Å²) >= 11 is 0. The number of hydrogen-bond donors (Lipinski definition) is 2. The van der Waals surface area contributed by atoms with E-state index in [0.29, 0.717) is 57.8 Å². The standard InChI is InChI=1S/C24H33F6N5O3/c25-23(26,27)18-13-19(24(28,29)30)15-20(14-18)31-21(36)16-34-5-1-3-33-8-7-32(9-11-34)4-2-6-35(12-10-33)17-22(37)38/h13-15H,1-12,16-17H2,(H,31,36)(H,37,38). The monoisotopic (exact) mass is 553 g/mol. The fourth-order valence-corrected chi connectivity index (χ4v) is 4.72. The van der Waals surface area contributed by atoms with Gasteiger partial charge in [-0.1, -0.05) is 0 Å². The van der Waals surface area contributed by atoms with E-state index < -0.39 is 41.0 Å². The van der Waals surface area contributed by atoms with E-state index in [4.69, 9.17) is 5.11 Å². The third-order valence-corrected chi connectivity index (χ3v) is 6.69. The van der Waals surface area contributed by atoms with E-state index in [0.717, 1.165) is 32.6 Å². The van der Waals surface area contributed by atoms with Gasteiger partial charge in [-0.25, -0.2) is 0 Å². The second-order valence-electron chi connectivity index (χ2n) is 9.68. The molecule has 1 amide bonds. The zero-order valence-corrected chi connectivity index (χ0v) is 21.0. The first kappa shape index (κ1) is 30.1. The third-order valence-electron chi connectivity index (χ3n) is 6.69. The molecule has 2 aliphatic heterocycles. The van der Waals surface area contributed by atoms with Gasteiger partial charge in [0.25, 0.3) is 0 Å². The van der Waals surface area contributed by atoms with Crippen LogP contribution in [0.5, 0.6) is 0 Å². The molecule has 214 valence electrons. The zero-order valence-electron chi connectivity index (χ0n) is 21.0. The minimum Gasteiger partial charge on any atom is -0.480 e. The molecule has 0 saturated carbocycles. The summed E-state index contributed by atoms with van der Waals surface area (Å²) in [6, 6.07) is 1.03. The summed E-state index contributed by atoms with van der Waals surface area (Å²) < 4.78 is 78.9. The lowest BCUT2D eigenvalue weighted by Crippen LogP contribution is -2.48. The number of nitrogens with zero attached hydrogens (tertiary/aromatic N) is 4. The van der Waals surface area contributed by atoms with Crippen molar-refractivity contribution < 1.29 is 41.0 Å². The zero-order chi connectivity index (χ0) is 27.9. The molecule has 0 spiro atoms. The van der Waals surface area contributed by atoms with Crippen LogP contribution in [0.3, 0.4) is 0 Å². The van der Waals surface area contributed by atoms with Crippen LogP contribution in [0, 0.1) is 0 Å². The highest BCUT2D eigenvalue weighted by Gasteiger charge is 2.37. The van der Waals surface area contributed by atoms with Crippen molar-refractivity contribution in [2.24, 2.45) is 0 Å². The highest BCUT2D eigenvalue weighted by atomic mass is 19.4. The summed E-state index contributed by atoms with van der Waals surface area (Å²) in [4.78, 5) is 32.1. The van der Waals surface area contributed by atoms with Gasteiger partial charge < -0.3 is 20.2 Å². The van der Waals surface area contributed by atoms with Gasteiger partial charge in [0.1, 0.15) is 0 Å². The molecule has 0 aliphatic carbocycles. The fraction of sp³-hybridized carbons (Fsp3) is 0.667. The van der Waals surface area contributed by atoms with Crippen molar-refractivity contribution in [3.63, 3.8) is 0 Å². The number of hydrogen-bond acceptors (Lipinski definition) is 6. The SMILES string of the molecule is O=C(O)CN1CCCN2CCN(CCCN(CC(=O)Nc3cc(C(F)(F)F)cc(C(F)(F)F)c3)CC2)CC1. The van der Waals surface area contributed by atoms with E-state index in [1.165, 1.54) is 0 Å². The van der Waals surface area contributed by atoms with Gasteiger partial charge >= 0.3 is 18.3 Å². The van der Waals surface area contributed by atoms with Crippen molar-refractivity contribution in [3.8, 4) is 0 Å². The summed E-state index contributed by atoms with van der Waals surface area (Å²) in [7, 11) is 0. The number of carbonyl (C=O) groups is 2. The molecular weight excluding hydrogens is 520 g/mol. The molecule has 2 atom stereocenters. The van der Waals surface area contributed by atoms with Crippen molar-refractivity contribution in [1.82, 2.24) is 19.6 Å². The van der Waals surface area contributed by atoms with Crippen molar-refractivity contribution in [3.05, 3.63) is 29.3 Å². The van der Waals surface area contributed by atoms with Crippen molar-refractivity contribution in [2.75, 3.05) is 83.9 Å². The molecule has 2 N–H and O–H groups in total.